The Morgan fingerprint density at radius 1 is 0.370 bits per heavy atom. The largest absolute Gasteiger partial charge is 0.309 e. The molecule has 1 aliphatic rings. The van der Waals surface area contributed by atoms with E-state index >= 15 is 0 Å². The molecule has 0 saturated heterocycles. The van der Waals surface area contributed by atoms with Gasteiger partial charge in [0.15, 0.2) is 5.82 Å². The minimum atomic E-state index is 0.719. The number of aromatic nitrogens is 4. The average Bonchev–Trinajstić information content (AvgIpc) is 3.87. The molecular formula is C50H30N4. The van der Waals surface area contributed by atoms with Crippen molar-refractivity contribution >= 4 is 54.4 Å². The van der Waals surface area contributed by atoms with Crippen LogP contribution in [-0.2, 0) is 0 Å². The zero-order chi connectivity index (χ0) is 35.3. The van der Waals surface area contributed by atoms with Gasteiger partial charge in [0, 0.05) is 38.4 Å². The van der Waals surface area contributed by atoms with Crippen molar-refractivity contribution in [3.8, 4) is 56.4 Å². The lowest BCUT2D eigenvalue weighted by Gasteiger charge is -2.15. The number of fused-ring (bicyclic) bond motifs is 9. The van der Waals surface area contributed by atoms with Gasteiger partial charge in [-0.2, -0.15) is 0 Å². The molecule has 0 bridgehead atoms. The third-order valence-corrected chi connectivity index (χ3v) is 11.3. The second-order valence-electron chi connectivity index (χ2n) is 14.2. The van der Waals surface area contributed by atoms with Crippen LogP contribution in [0.5, 0.6) is 0 Å². The van der Waals surface area contributed by atoms with Gasteiger partial charge < -0.3 is 4.57 Å². The van der Waals surface area contributed by atoms with Crippen LogP contribution in [0, 0.1) is 0 Å². The average molecular weight is 687 g/mol. The van der Waals surface area contributed by atoms with Crippen LogP contribution in [0.3, 0.4) is 0 Å². The number of rotatable bonds is 4. The molecular weight excluding hydrogens is 657 g/mol. The fourth-order valence-electron chi connectivity index (χ4n) is 8.90. The van der Waals surface area contributed by atoms with Crippen LogP contribution in [0.2, 0.25) is 0 Å². The molecule has 0 aliphatic heterocycles. The first-order valence-corrected chi connectivity index (χ1v) is 18.4. The van der Waals surface area contributed by atoms with Gasteiger partial charge in [-0.3, -0.25) is 4.57 Å². The smallest absolute Gasteiger partial charge is 0.162 e. The highest BCUT2D eigenvalue weighted by atomic mass is 15.1. The maximum atomic E-state index is 5.49. The van der Waals surface area contributed by atoms with Crippen molar-refractivity contribution < 1.29 is 0 Å². The standard InChI is InChI=1S/C50H30N4/c1-3-13-32(14-4-1)49-51-48-40-22-12-16-31-15-11-21-39(46(31)40)47(48)50(52-49)54-43-24-10-7-19-36(43)38-27-25-34(30-45(38)54)33-26-28-44-41(29-33)37-20-8-9-23-42(37)53(44)35-17-5-2-6-18-35/h1-30H. The van der Waals surface area contributed by atoms with Crippen LogP contribution in [0.4, 0.5) is 0 Å². The van der Waals surface area contributed by atoms with E-state index in [0.29, 0.717) is 0 Å². The molecule has 0 N–H and O–H groups in total. The molecule has 0 fully saturated rings. The van der Waals surface area contributed by atoms with Gasteiger partial charge in [0.2, 0.25) is 0 Å². The van der Waals surface area contributed by atoms with E-state index in [2.05, 4.69) is 185 Å². The molecule has 12 rings (SSSR count). The predicted octanol–water partition coefficient (Wildman–Crippen LogP) is 12.8. The summed E-state index contributed by atoms with van der Waals surface area (Å²) in [5.74, 6) is 1.61. The fourth-order valence-corrected chi connectivity index (χ4v) is 8.90. The Balaban J connectivity index is 1.14. The molecule has 3 heterocycles. The van der Waals surface area contributed by atoms with Crippen molar-refractivity contribution in [3.63, 3.8) is 0 Å². The van der Waals surface area contributed by atoms with Crippen molar-refractivity contribution in [1.29, 1.82) is 0 Å². The van der Waals surface area contributed by atoms with Crippen LogP contribution in [-0.4, -0.2) is 19.1 Å². The summed E-state index contributed by atoms with van der Waals surface area (Å²) in [6.45, 7) is 0. The zero-order valence-electron chi connectivity index (χ0n) is 29.1. The van der Waals surface area contributed by atoms with Crippen molar-refractivity contribution in [1.82, 2.24) is 19.1 Å². The van der Waals surface area contributed by atoms with Crippen molar-refractivity contribution in [2.24, 2.45) is 0 Å². The molecule has 3 aromatic heterocycles. The summed E-state index contributed by atoms with van der Waals surface area (Å²) >= 11 is 0. The normalized spacial score (nSPS) is 12.1. The quantitative estimate of drug-likeness (QED) is 0.185. The van der Waals surface area contributed by atoms with Crippen molar-refractivity contribution in [2.45, 2.75) is 0 Å². The van der Waals surface area contributed by atoms with Crippen LogP contribution in [0.25, 0.3) is 111 Å². The predicted molar refractivity (Wildman–Crippen MR) is 224 cm³/mol. The number of para-hydroxylation sites is 3. The Labute approximate surface area is 310 Å². The lowest BCUT2D eigenvalue weighted by molar-refractivity contribution is 1.05. The van der Waals surface area contributed by atoms with Gasteiger partial charge in [-0.05, 0) is 69.9 Å². The number of hydrogen-bond donors (Lipinski definition) is 0. The number of nitrogens with zero attached hydrogens (tertiary/aromatic N) is 4. The van der Waals surface area contributed by atoms with E-state index in [1.165, 1.54) is 54.5 Å². The van der Waals surface area contributed by atoms with E-state index in [-0.39, 0.29) is 0 Å². The van der Waals surface area contributed by atoms with E-state index in [0.717, 1.165) is 56.3 Å². The van der Waals surface area contributed by atoms with Gasteiger partial charge in [0.25, 0.3) is 0 Å². The molecule has 54 heavy (non-hydrogen) atoms. The molecule has 4 nitrogen and oxygen atoms in total. The first-order chi connectivity index (χ1) is 26.8. The Hall–Kier alpha value is -7.30. The van der Waals surface area contributed by atoms with Gasteiger partial charge in [0.1, 0.15) is 5.82 Å². The topological polar surface area (TPSA) is 35.6 Å². The summed E-state index contributed by atoms with van der Waals surface area (Å²) in [4.78, 5) is 10.8. The van der Waals surface area contributed by atoms with Gasteiger partial charge in [-0.25, -0.2) is 9.97 Å². The Morgan fingerprint density at radius 3 is 1.78 bits per heavy atom. The summed E-state index contributed by atoms with van der Waals surface area (Å²) in [5.41, 5.74) is 13.5. The molecule has 0 saturated carbocycles. The number of hydrogen-bond acceptors (Lipinski definition) is 2. The SMILES string of the molecule is c1ccc(-c2nc3c(c(-n4c5ccccc5c5ccc(-c6ccc7c(c6)c6ccccc6n7-c6ccccc6)cc54)n2)-c2cccc4cccc-3c24)cc1. The van der Waals surface area contributed by atoms with E-state index in [9.17, 15) is 0 Å². The molecule has 4 heteroatoms. The van der Waals surface area contributed by atoms with Crippen LogP contribution < -0.4 is 0 Å². The summed E-state index contributed by atoms with van der Waals surface area (Å²) in [7, 11) is 0. The minimum absolute atomic E-state index is 0.719. The Morgan fingerprint density at radius 2 is 0.981 bits per heavy atom. The molecule has 11 aromatic rings. The zero-order valence-corrected chi connectivity index (χ0v) is 29.1. The molecule has 0 atom stereocenters. The summed E-state index contributed by atoms with van der Waals surface area (Å²) in [6.07, 6.45) is 0. The maximum absolute atomic E-state index is 5.49. The molecule has 0 spiro atoms. The van der Waals surface area contributed by atoms with E-state index in [1.54, 1.807) is 0 Å². The van der Waals surface area contributed by atoms with Gasteiger partial charge in [-0.1, -0.05) is 140 Å². The van der Waals surface area contributed by atoms with E-state index in [4.69, 9.17) is 9.97 Å². The highest BCUT2D eigenvalue weighted by molar-refractivity contribution is 6.18. The highest BCUT2D eigenvalue weighted by Crippen LogP contribution is 2.50. The summed E-state index contributed by atoms with van der Waals surface area (Å²) < 4.78 is 4.75. The second kappa shape index (κ2) is 11.1. The molecule has 0 unspecified atom stereocenters. The third kappa shape index (κ3) is 4.08. The summed E-state index contributed by atoms with van der Waals surface area (Å²) in [5, 5.41) is 7.32. The van der Waals surface area contributed by atoms with Crippen LogP contribution in [0.15, 0.2) is 182 Å². The first-order valence-electron chi connectivity index (χ1n) is 18.4. The first kappa shape index (κ1) is 29.3. The molecule has 1 aliphatic carbocycles. The summed E-state index contributed by atoms with van der Waals surface area (Å²) in [6, 6.07) is 65.4. The monoisotopic (exact) mass is 686 g/mol. The van der Waals surface area contributed by atoms with Crippen LogP contribution >= 0.6 is 0 Å². The lowest BCUT2D eigenvalue weighted by atomic mass is 10.0. The third-order valence-electron chi connectivity index (χ3n) is 11.3. The van der Waals surface area contributed by atoms with Crippen molar-refractivity contribution in [2.75, 3.05) is 0 Å². The van der Waals surface area contributed by atoms with Gasteiger partial charge >= 0.3 is 0 Å². The van der Waals surface area contributed by atoms with E-state index in [1.807, 2.05) is 6.07 Å². The number of benzene rings is 8. The van der Waals surface area contributed by atoms with Crippen molar-refractivity contribution in [3.05, 3.63) is 182 Å². The fraction of sp³-hybridized carbons (Fsp3) is 0. The van der Waals surface area contributed by atoms with E-state index < -0.39 is 0 Å². The minimum Gasteiger partial charge on any atom is -0.309 e. The highest BCUT2D eigenvalue weighted by Gasteiger charge is 2.30. The molecule has 8 aromatic carbocycles. The van der Waals surface area contributed by atoms with Gasteiger partial charge in [-0.15, -0.1) is 0 Å². The van der Waals surface area contributed by atoms with Crippen LogP contribution in [0.1, 0.15) is 0 Å². The Bertz CT molecular complexity index is 3310. The Kier molecular flexibility index (Phi) is 6.02. The van der Waals surface area contributed by atoms with Gasteiger partial charge in [0.05, 0.1) is 33.3 Å². The molecule has 0 amide bonds. The second-order valence-corrected chi connectivity index (χ2v) is 14.2. The maximum Gasteiger partial charge on any atom is 0.162 e. The molecule has 0 radical (unpaired) electrons. The molecule has 250 valence electrons. The lowest BCUT2D eigenvalue weighted by Crippen LogP contribution is -2.04.